The zero-order valence-corrected chi connectivity index (χ0v) is 27.2. The molecule has 0 saturated carbocycles. The van der Waals surface area contributed by atoms with Crippen LogP contribution in [0.3, 0.4) is 0 Å². The molecule has 9 nitrogen and oxygen atoms in total. The number of imidazole rings is 1. The summed E-state index contributed by atoms with van der Waals surface area (Å²) >= 11 is 0. The number of nitrogens with zero attached hydrogens (tertiary/aromatic N) is 2. The average Bonchev–Trinajstić information content (AvgIpc) is 3.46. The van der Waals surface area contributed by atoms with Gasteiger partial charge in [0.2, 0.25) is 5.91 Å². The number of carbonyl (C=O) groups is 1. The number of piperidine rings is 1. The highest BCUT2D eigenvalue weighted by Gasteiger charge is 2.34. The molecule has 0 bridgehead atoms. The minimum absolute atomic E-state index is 0.00108. The number of hydrogen-bond donors (Lipinski definition) is 3. The Morgan fingerprint density at radius 1 is 0.896 bits per heavy atom. The van der Waals surface area contributed by atoms with Gasteiger partial charge in [0.25, 0.3) is 0 Å². The number of nitrogens with one attached hydrogen (secondary N) is 2. The van der Waals surface area contributed by atoms with Crippen molar-refractivity contribution in [3.05, 3.63) is 130 Å². The third-order valence-electron chi connectivity index (χ3n) is 9.66. The number of ether oxygens (including phenoxy) is 2. The lowest BCUT2D eigenvalue weighted by Gasteiger charge is -2.40. The van der Waals surface area contributed by atoms with Gasteiger partial charge < -0.3 is 29.8 Å². The molecule has 1 aromatic heterocycles. The standard InChI is InChI=1S/C39H42N4O5/c1-26(45)40-23-31-6-2-3-7-34(31)28-14-16-30(17-15-28)38-47-33(22-37(48-38)29-12-10-27(25-44)11-13-29)24-42-20-18-32(19-21-42)43-36-9-5-4-8-35(36)41-39(43)46/h2-17,32-33,37-38,44H,18-25H2,1H3,(H,40,45)(H,41,46)/t33-,37+,38+/m0/s1. The molecule has 0 radical (unpaired) electrons. The maximum atomic E-state index is 12.8. The molecule has 248 valence electrons. The van der Waals surface area contributed by atoms with Gasteiger partial charge >= 0.3 is 5.69 Å². The quantitative estimate of drug-likeness (QED) is 0.181. The molecule has 4 aromatic carbocycles. The summed E-state index contributed by atoms with van der Waals surface area (Å²) in [7, 11) is 0. The van der Waals surface area contributed by atoms with Crippen molar-refractivity contribution in [3.8, 4) is 11.1 Å². The first-order chi connectivity index (χ1) is 23.4. The Balaban J connectivity index is 1.07. The van der Waals surface area contributed by atoms with Crippen molar-refractivity contribution in [2.24, 2.45) is 0 Å². The second-order valence-electron chi connectivity index (χ2n) is 12.9. The number of fused-ring (bicyclic) bond motifs is 1. The lowest BCUT2D eigenvalue weighted by Crippen LogP contribution is -2.43. The van der Waals surface area contributed by atoms with E-state index in [9.17, 15) is 14.7 Å². The maximum Gasteiger partial charge on any atom is 0.326 e. The summed E-state index contributed by atoms with van der Waals surface area (Å²) in [5, 5.41) is 12.5. The highest BCUT2D eigenvalue weighted by molar-refractivity contribution is 5.75. The van der Waals surface area contributed by atoms with E-state index in [1.165, 1.54) is 6.92 Å². The van der Waals surface area contributed by atoms with Gasteiger partial charge in [-0.25, -0.2) is 4.79 Å². The monoisotopic (exact) mass is 646 g/mol. The number of rotatable bonds is 9. The third kappa shape index (κ3) is 7.00. The van der Waals surface area contributed by atoms with Gasteiger partial charge in [-0.1, -0.05) is 84.9 Å². The third-order valence-corrected chi connectivity index (χ3v) is 9.66. The van der Waals surface area contributed by atoms with Gasteiger partial charge in [-0.15, -0.1) is 0 Å². The number of aliphatic hydroxyl groups excluding tert-OH is 1. The van der Waals surface area contributed by atoms with Crippen molar-refractivity contribution in [1.82, 2.24) is 19.8 Å². The Morgan fingerprint density at radius 2 is 1.60 bits per heavy atom. The molecule has 2 saturated heterocycles. The van der Waals surface area contributed by atoms with E-state index in [1.54, 1.807) is 0 Å². The van der Waals surface area contributed by atoms with Crippen molar-refractivity contribution in [1.29, 1.82) is 0 Å². The Kier molecular flexibility index (Phi) is 9.54. The number of amides is 1. The Labute approximate surface area is 280 Å². The Morgan fingerprint density at radius 3 is 2.35 bits per heavy atom. The molecule has 1 amide bonds. The van der Waals surface area contributed by atoms with Crippen molar-refractivity contribution >= 4 is 16.9 Å². The van der Waals surface area contributed by atoms with Crippen molar-refractivity contribution < 1.29 is 19.4 Å². The summed E-state index contributed by atoms with van der Waals surface area (Å²) in [4.78, 5) is 29.8. The summed E-state index contributed by atoms with van der Waals surface area (Å²) < 4.78 is 15.2. The Bertz CT molecular complexity index is 1910. The van der Waals surface area contributed by atoms with E-state index in [0.29, 0.717) is 13.0 Å². The molecule has 5 aromatic rings. The van der Waals surface area contributed by atoms with Crippen LogP contribution in [0.25, 0.3) is 22.2 Å². The first-order valence-electron chi connectivity index (χ1n) is 16.8. The van der Waals surface area contributed by atoms with Crippen LogP contribution in [-0.2, 0) is 27.4 Å². The number of para-hydroxylation sites is 2. The maximum absolute atomic E-state index is 12.8. The van der Waals surface area contributed by atoms with Crippen LogP contribution in [0.15, 0.2) is 102 Å². The van der Waals surface area contributed by atoms with Gasteiger partial charge in [-0.2, -0.15) is 0 Å². The zero-order chi connectivity index (χ0) is 33.0. The van der Waals surface area contributed by atoms with Gasteiger partial charge in [0, 0.05) is 51.1 Å². The SMILES string of the molecule is CC(=O)NCc1ccccc1-c1ccc([C@@H]2O[C@H](CN3CCC(n4c(=O)[nH]c5ccccc54)CC3)C[C@H](c3ccc(CO)cc3)O2)cc1. The van der Waals surface area contributed by atoms with Gasteiger partial charge in [0.05, 0.1) is 29.8 Å². The normalized spacial score (nSPS) is 20.6. The molecule has 0 aliphatic carbocycles. The van der Waals surface area contributed by atoms with E-state index < -0.39 is 6.29 Å². The second-order valence-corrected chi connectivity index (χ2v) is 12.9. The lowest BCUT2D eigenvalue weighted by atomic mass is 9.97. The topological polar surface area (TPSA) is 109 Å². The van der Waals surface area contributed by atoms with E-state index in [4.69, 9.17) is 9.47 Å². The van der Waals surface area contributed by atoms with Crippen LogP contribution in [0.1, 0.15) is 66.9 Å². The van der Waals surface area contributed by atoms with Crippen LogP contribution in [0.4, 0.5) is 0 Å². The minimum atomic E-state index is -0.544. The molecule has 3 N–H and O–H groups in total. The van der Waals surface area contributed by atoms with Crippen LogP contribution in [0.5, 0.6) is 0 Å². The molecule has 3 heterocycles. The first-order valence-corrected chi connectivity index (χ1v) is 16.8. The number of aromatic nitrogens is 2. The van der Waals surface area contributed by atoms with Crippen molar-refractivity contribution in [2.75, 3.05) is 19.6 Å². The molecule has 48 heavy (non-hydrogen) atoms. The van der Waals surface area contributed by atoms with Gasteiger partial charge in [0.1, 0.15) is 0 Å². The smallest absolute Gasteiger partial charge is 0.326 e. The van der Waals surface area contributed by atoms with E-state index in [2.05, 4.69) is 45.5 Å². The number of aliphatic hydroxyl groups is 1. The predicted molar refractivity (Wildman–Crippen MR) is 185 cm³/mol. The molecular formula is C39H42N4O5. The summed E-state index contributed by atoms with van der Waals surface area (Å²) in [6, 6.07) is 32.4. The van der Waals surface area contributed by atoms with E-state index in [0.717, 1.165) is 76.9 Å². The molecule has 9 heteroatoms. The zero-order valence-electron chi connectivity index (χ0n) is 27.2. The summed E-state index contributed by atoms with van der Waals surface area (Å²) in [6.07, 6.45) is 1.73. The summed E-state index contributed by atoms with van der Waals surface area (Å²) in [5.41, 5.74) is 7.86. The molecule has 0 spiro atoms. The fourth-order valence-electron chi connectivity index (χ4n) is 7.11. The van der Waals surface area contributed by atoms with Crippen LogP contribution in [0, 0.1) is 0 Å². The van der Waals surface area contributed by atoms with E-state index in [1.807, 2.05) is 71.3 Å². The molecule has 2 fully saturated rings. The number of aromatic amines is 1. The molecular weight excluding hydrogens is 604 g/mol. The molecule has 7 rings (SSSR count). The molecule has 0 unspecified atom stereocenters. The largest absolute Gasteiger partial charge is 0.392 e. The highest BCUT2D eigenvalue weighted by Crippen LogP contribution is 2.39. The molecule has 3 atom stereocenters. The second kappa shape index (κ2) is 14.3. The minimum Gasteiger partial charge on any atom is -0.392 e. The number of benzene rings is 4. The molecule has 2 aliphatic rings. The summed E-state index contributed by atoms with van der Waals surface area (Å²) in [5.74, 6) is -0.0593. The average molecular weight is 647 g/mol. The number of hydrogen-bond acceptors (Lipinski definition) is 6. The first kappa shape index (κ1) is 32.0. The van der Waals surface area contributed by atoms with Gasteiger partial charge in [0.15, 0.2) is 6.29 Å². The molecule has 2 aliphatic heterocycles. The predicted octanol–water partition coefficient (Wildman–Crippen LogP) is 6.01. The number of H-pyrrole nitrogens is 1. The number of likely N-dealkylation sites (tertiary alicyclic amines) is 1. The van der Waals surface area contributed by atoms with Crippen LogP contribution in [-0.4, -0.2) is 51.2 Å². The van der Waals surface area contributed by atoms with E-state index >= 15 is 0 Å². The van der Waals surface area contributed by atoms with Gasteiger partial charge in [-0.05, 0) is 52.8 Å². The highest BCUT2D eigenvalue weighted by atomic mass is 16.7. The summed E-state index contributed by atoms with van der Waals surface area (Å²) in [6.45, 7) is 4.53. The van der Waals surface area contributed by atoms with Crippen molar-refractivity contribution in [2.45, 2.75) is 63.9 Å². The number of carbonyl (C=O) groups excluding carboxylic acids is 1. The van der Waals surface area contributed by atoms with Crippen LogP contribution >= 0.6 is 0 Å². The van der Waals surface area contributed by atoms with Crippen molar-refractivity contribution in [3.63, 3.8) is 0 Å². The fourth-order valence-corrected chi connectivity index (χ4v) is 7.11. The van der Waals surface area contributed by atoms with Crippen LogP contribution < -0.4 is 11.0 Å². The van der Waals surface area contributed by atoms with Gasteiger partial charge in [-0.3, -0.25) is 9.36 Å². The fraction of sp³-hybridized carbons (Fsp3) is 0.333. The van der Waals surface area contributed by atoms with Crippen LogP contribution in [0.2, 0.25) is 0 Å². The Hall–Kier alpha value is -4.54. The lowest BCUT2D eigenvalue weighted by molar-refractivity contribution is -0.253. The van der Waals surface area contributed by atoms with E-state index in [-0.39, 0.29) is 36.5 Å².